The van der Waals surface area contributed by atoms with Crippen molar-refractivity contribution in [3.8, 4) is 0 Å². The molecule has 0 bridgehead atoms. The lowest BCUT2D eigenvalue weighted by Gasteiger charge is -2.34. The van der Waals surface area contributed by atoms with Crippen molar-refractivity contribution < 1.29 is 4.79 Å². The van der Waals surface area contributed by atoms with E-state index in [0.29, 0.717) is 0 Å². The Hall–Kier alpha value is -1.39. The molecule has 1 aliphatic rings. The average Bonchev–Trinajstić information content (AvgIpc) is 2.38. The molecular weight excluding hydrogens is 238 g/mol. The van der Waals surface area contributed by atoms with Crippen molar-refractivity contribution in [2.45, 2.75) is 19.5 Å². The van der Waals surface area contributed by atoms with E-state index in [9.17, 15) is 4.79 Å². The smallest absolute Gasteiger partial charge is 0.254 e. The van der Waals surface area contributed by atoms with Gasteiger partial charge in [0.25, 0.3) is 5.91 Å². The number of carbonyl (C=O) groups is 1. The van der Waals surface area contributed by atoms with Crippen molar-refractivity contribution in [2.75, 3.05) is 33.7 Å². The van der Waals surface area contributed by atoms with Crippen LogP contribution < -0.4 is 5.32 Å². The average molecular weight is 261 g/mol. The minimum Gasteiger partial charge on any atom is -0.333 e. The van der Waals surface area contributed by atoms with Crippen LogP contribution in [-0.4, -0.2) is 55.5 Å². The zero-order chi connectivity index (χ0) is 13.8. The predicted octanol–water partition coefficient (Wildman–Crippen LogP) is 1.18. The molecule has 4 nitrogen and oxygen atoms in total. The van der Waals surface area contributed by atoms with Crippen molar-refractivity contribution in [1.82, 2.24) is 15.1 Å². The SMILES string of the molecule is C[C@@H]1CNCCN1C(=O)c1cccc(CN(C)C)c1. The number of carbonyl (C=O) groups excluding carboxylic acids is 1. The van der Waals surface area contributed by atoms with Crippen LogP contribution >= 0.6 is 0 Å². The molecule has 1 N–H and O–H groups in total. The van der Waals surface area contributed by atoms with E-state index in [1.807, 2.05) is 37.2 Å². The monoisotopic (exact) mass is 261 g/mol. The fraction of sp³-hybridized carbons (Fsp3) is 0.533. The maximum absolute atomic E-state index is 12.5. The molecule has 0 aromatic heterocycles. The highest BCUT2D eigenvalue weighted by Crippen LogP contribution is 2.13. The van der Waals surface area contributed by atoms with E-state index in [0.717, 1.165) is 31.7 Å². The highest BCUT2D eigenvalue weighted by atomic mass is 16.2. The van der Waals surface area contributed by atoms with E-state index < -0.39 is 0 Å². The number of nitrogens with zero attached hydrogens (tertiary/aromatic N) is 2. The minimum atomic E-state index is 0.148. The Morgan fingerprint density at radius 3 is 2.95 bits per heavy atom. The first kappa shape index (κ1) is 14.0. The zero-order valence-corrected chi connectivity index (χ0v) is 12.0. The molecule has 0 spiro atoms. The highest BCUT2D eigenvalue weighted by Gasteiger charge is 2.23. The Morgan fingerprint density at radius 1 is 1.47 bits per heavy atom. The number of hydrogen-bond acceptors (Lipinski definition) is 3. The summed E-state index contributed by atoms with van der Waals surface area (Å²) in [7, 11) is 4.07. The van der Waals surface area contributed by atoms with Gasteiger partial charge in [0, 0.05) is 37.8 Å². The Morgan fingerprint density at radius 2 is 2.26 bits per heavy atom. The summed E-state index contributed by atoms with van der Waals surface area (Å²) in [4.78, 5) is 16.6. The standard InChI is InChI=1S/C15H23N3O/c1-12-10-16-7-8-18(12)15(19)14-6-4-5-13(9-14)11-17(2)3/h4-6,9,12,16H,7-8,10-11H2,1-3H3/t12-/m1/s1. The van der Waals surface area contributed by atoms with Gasteiger partial charge in [0.2, 0.25) is 0 Å². The summed E-state index contributed by atoms with van der Waals surface area (Å²) in [6.07, 6.45) is 0. The molecule has 0 saturated carbocycles. The summed E-state index contributed by atoms with van der Waals surface area (Å²) in [5.74, 6) is 0.148. The number of hydrogen-bond donors (Lipinski definition) is 1. The molecule has 1 amide bonds. The van der Waals surface area contributed by atoms with Gasteiger partial charge in [-0.3, -0.25) is 4.79 Å². The highest BCUT2D eigenvalue weighted by molar-refractivity contribution is 5.94. The second kappa shape index (κ2) is 6.17. The predicted molar refractivity (Wildman–Crippen MR) is 77.2 cm³/mol. The van der Waals surface area contributed by atoms with Crippen molar-refractivity contribution in [1.29, 1.82) is 0 Å². The van der Waals surface area contributed by atoms with E-state index in [2.05, 4.69) is 23.2 Å². The summed E-state index contributed by atoms with van der Waals surface area (Å²) < 4.78 is 0. The van der Waals surface area contributed by atoms with E-state index in [1.165, 1.54) is 5.56 Å². The quantitative estimate of drug-likeness (QED) is 0.887. The first-order chi connectivity index (χ1) is 9.08. The van der Waals surface area contributed by atoms with Gasteiger partial charge in [-0.05, 0) is 38.7 Å². The Kier molecular flexibility index (Phi) is 4.56. The lowest BCUT2D eigenvalue weighted by atomic mass is 10.1. The molecule has 0 aliphatic carbocycles. The van der Waals surface area contributed by atoms with Gasteiger partial charge >= 0.3 is 0 Å². The summed E-state index contributed by atoms with van der Waals surface area (Å²) in [5, 5.41) is 3.31. The molecule has 1 aromatic rings. The van der Waals surface area contributed by atoms with Crippen molar-refractivity contribution in [3.05, 3.63) is 35.4 Å². The van der Waals surface area contributed by atoms with E-state index in [1.54, 1.807) is 0 Å². The molecule has 0 unspecified atom stereocenters. The largest absolute Gasteiger partial charge is 0.333 e. The van der Waals surface area contributed by atoms with Gasteiger partial charge in [-0.2, -0.15) is 0 Å². The normalized spacial score (nSPS) is 19.8. The van der Waals surface area contributed by atoms with Gasteiger partial charge in [0.05, 0.1) is 0 Å². The number of piperazine rings is 1. The fourth-order valence-corrected chi connectivity index (χ4v) is 2.48. The maximum Gasteiger partial charge on any atom is 0.254 e. The van der Waals surface area contributed by atoms with Crippen LogP contribution in [0.5, 0.6) is 0 Å². The first-order valence-corrected chi connectivity index (χ1v) is 6.83. The van der Waals surface area contributed by atoms with Crippen molar-refractivity contribution in [2.24, 2.45) is 0 Å². The molecule has 1 saturated heterocycles. The molecular formula is C15H23N3O. The molecule has 104 valence electrons. The molecule has 1 heterocycles. The third-order valence-electron chi connectivity index (χ3n) is 3.43. The van der Waals surface area contributed by atoms with Gasteiger partial charge in [-0.1, -0.05) is 12.1 Å². The fourth-order valence-electron chi connectivity index (χ4n) is 2.48. The van der Waals surface area contributed by atoms with Crippen molar-refractivity contribution in [3.63, 3.8) is 0 Å². The van der Waals surface area contributed by atoms with Crippen LogP contribution in [-0.2, 0) is 6.54 Å². The van der Waals surface area contributed by atoms with Gasteiger partial charge in [-0.15, -0.1) is 0 Å². The third kappa shape index (κ3) is 3.55. The van der Waals surface area contributed by atoms with Crippen molar-refractivity contribution >= 4 is 5.91 Å². The van der Waals surface area contributed by atoms with Crippen LogP contribution in [0.15, 0.2) is 24.3 Å². The third-order valence-corrected chi connectivity index (χ3v) is 3.43. The number of amides is 1. The molecule has 19 heavy (non-hydrogen) atoms. The Bertz CT molecular complexity index is 445. The molecule has 2 rings (SSSR count). The number of benzene rings is 1. The zero-order valence-electron chi connectivity index (χ0n) is 12.0. The topological polar surface area (TPSA) is 35.6 Å². The van der Waals surface area contributed by atoms with Crippen LogP contribution in [0.1, 0.15) is 22.8 Å². The molecule has 0 radical (unpaired) electrons. The van der Waals surface area contributed by atoms with Crippen LogP contribution in [0.25, 0.3) is 0 Å². The maximum atomic E-state index is 12.5. The van der Waals surface area contributed by atoms with Crippen LogP contribution in [0.3, 0.4) is 0 Å². The number of rotatable bonds is 3. The van der Waals surface area contributed by atoms with E-state index in [4.69, 9.17) is 0 Å². The van der Waals surface area contributed by atoms with E-state index in [-0.39, 0.29) is 11.9 Å². The molecule has 4 heteroatoms. The second-order valence-electron chi connectivity index (χ2n) is 5.49. The lowest BCUT2D eigenvalue weighted by Crippen LogP contribution is -2.52. The van der Waals surface area contributed by atoms with Gasteiger partial charge < -0.3 is 15.1 Å². The minimum absolute atomic E-state index is 0.148. The summed E-state index contributed by atoms with van der Waals surface area (Å²) in [5.41, 5.74) is 1.98. The van der Waals surface area contributed by atoms with Gasteiger partial charge in [-0.25, -0.2) is 0 Å². The van der Waals surface area contributed by atoms with Crippen LogP contribution in [0.2, 0.25) is 0 Å². The first-order valence-electron chi connectivity index (χ1n) is 6.83. The van der Waals surface area contributed by atoms with Crippen LogP contribution in [0, 0.1) is 0 Å². The summed E-state index contributed by atoms with van der Waals surface area (Å²) in [6, 6.07) is 8.23. The Balaban J connectivity index is 2.14. The van der Waals surface area contributed by atoms with Gasteiger partial charge in [0.1, 0.15) is 0 Å². The molecule has 1 aromatic carbocycles. The van der Waals surface area contributed by atoms with Crippen LogP contribution in [0.4, 0.5) is 0 Å². The molecule has 1 fully saturated rings. The summed E-state index contributed by atoms with van der Waals surface area (Å²) in [6.45, 7) is 5.50. The molecule has 1 atom stereocenters. The Labute approximate surface area is 115 Å². The lowest BCUT2D eigenvalue weighted by molar-refractivity contribution is 0.0655. The molecule has 1 aliphatic heterocycles. The summed E-state index contributed by atoms with van der Waals surface area (Å²) >= 11 is 0. The van der Waals surface area contributed by atoms with Gasteiger partial charge in [0.15, 0.2) is 0 Å². The number of nitrogens with one attached hydrogen (secondary N) is 1. The van der Waals surface area contributed by atoms with E-state index >= 15 is 0 Å². The second-order valence-corrected chi connectivity index (χ2v) is 5.49.